The number of phenols is 2. The summed E-state index contributed by atoms with van der Waals surface area (Å²) in [7, 11) is 0. The van der Waals surface area contributed by atoms with Crippen molar-refractivity contribution in [3.63, 3.8) is 0 Å². The van der Waals surface area contributed by atoms with Crippen LogP contribution in [0.25, 0.3) is 0 Å². The molecule has 2 N–H and O–H groups in total. The molecule has 2 aromatic carbocycles. The minimum absolute atomic E-state index is 0.172. The zero-order valence-electron chi connectivity index (χ0n) is 9.91. The Bertz CT molecular complexity index is 652. The first-order valence-corrected chi connectivity index (χ1v) is 5.69. The summed E-state index contributed by atoms with van der Waals surface area (Å²) in [6, 6.07) is 10.0. The standard InChI is InChI=1S/C14H11NO4/c16-11-3-1-2-9(14(11)17)7-15-10-4-5-12-13(6-10)19-8-18-12/h1-7,16-17H,8H2. The van der Waals surface area contributed by atoms with Crippen LogP contribution in [0, 0.1) is 0 Å². The molecule has 0 unspecified atom stereocenters. The van der Waals surface area contributed by atoms with Crippen LogP contribution >= 0.6 is 0 Å². The molecule has 0 amide bonds. The Morgan fingerprint density at radius 1 is 1.05 bits per heavy atom. The van der Waals surface area contributed by atoms with Crippen LogP contribution in [0.4, 0.5) is 5.69 Å². The second kappa shape index (κ2) is 4.53. The Hall–Kier alpha value is -2.69. The lowest BCUT2D eigenvalue weighted by Gasteiger charge is -2.01. The van der Waals surface area contributed by atoms with Gasteiger partial charge in [-0.25, -0.2) is 0 Å². The van der Waals surface area contributed by atoms with Gasteiger partial charge in [0.15, 0.2) is 23.0 Å². The van der Waals surface area contributed by atoms with Gasteiger partial charge in [-0.1, -0.05) is 6.07 Å². The molecule has 0 saturated heterocycles. The van der Waals surface area contributed by atoms with Crippen molar-refractivity contribution in [2.75, 3.05) is 6.79 Å². The highest BCUT2D eigenvalue weighted by Crippen LogP contribution is 2.35. The van der Waals surface area contributed by atoms with Crippen LogP contribution in [0.5, 0.6) is 23.0 Å². The minimum Gasteiger partial charge on any atom is -0.504 e. The molecule has 5 heteroatoms. The van der Waals surface area contributed by atoms with Gasteiger partial charge in [-0.05, 0) is 24.3 Å². The highest BCUT2D eigenvalue weighted by atomic mass is 16.7. The average molecular weight is 257 g/mol. The molecule has 96 valence electrons. The topological polar surface area (TPSA) is 71.3 Å². The van der Waals surface area contributed by atoms with E-state index in [2.05, 4.69) is 4.99 Å². The predicted molar refractivity (Wildman–Crippen MR) is 69.6 cm³/mol. The first kappa shape index (κ1) is 11.4. The zero-order chi connectivity index (χ0) is 13.2. The number of ether oxygens (including phenoxy) is 2. The number of para-hydroxylation sites is 1. The number of phenolic OH excluding ortho intramolecular Hbond substituents is 2. The van der Waals surface area contributed by atoms with Crippen LogP contribution in [-0.4, -0.2) is 23.2 Å². The third-order valence-electron chi connectivity index (χ3n) is 2.75. The molecule has 0 spiro atoms. The summed E-state index contributed by atoms with van der Waals surface area (Å²) in [6.45, 7) is 0.218. The van der Waals surface area contributed by atoms with Crippen LogP contribution < -0.4 is 9.47 Å². The lowest BCUT2D eigenvalue weighted by atomic mass is 10.2. The van der Waals surface area contributed by atoms with Gasteiger partial charge >= 0.3 is 0 Å². The van der Waals surface area contributed by atoms with Crippen molar-refractivity contribution >= 4 is 11.9 Å². The van der Waals surface area contributed by atoms with E-state index in [0.717, 1.165) is 0 Å². The highest BCUT2D eigenvalue weighted by Gasteiger charge is 2.12. The molecular weight excluding hydrogens is 246 g/mol. The van der Waals surface area contributed by atoms with Crippen molar-refractivity contribution in [1.82, 2.24) is 0 Å². The number of fused-ring (bicyclic) bond motifs is 1. The molecule has 0 radical (unpaired) electrons. The first-order valence-electron chi connectivity index (χ1n) is 5.69. The number of hydrogen-bond donors (Lipinski definition) is 2. The van der Waals surface area contributed by atoms with Crippen molar-refractivity contribution < 1.29 is 19.7 Å². The van der Waals surface area contributed by atoms with E-state index in [-0.39, 0.29) is 18.3 Å². The molecule has 1 aliphatic heterocycles. The summed E-state index contributed by atoms with van der Waals surface area (Å²) in [4.78, 5) is 4.22. The fourth-order valence-electron chi connectivity index (χ4n) is 1.76. The van der Waals surface area contributed by atoms with E-state index in [1.165, 1.54) is 12.3 Å². The second-order valence-electron chi connectivity index (χ2n) is 4.01. The third kappa shape index (κ3) is 2.18. The quantitative estimate of drug-likeness (QED) is 0.640. The Balaban J connectivity index is 1.88. The Morgan fingerprint density at radius 2 is 1.89 bits per heavy atom. The Kier molecular flexibility index (Phi) is 2.72. The van der Waals surface area contributed by atoms with Crippen molar-refractivity contribution in [3.8, 4) is 23.0 Å². The maximum atomic E-state index is 9.64. The van der Waals surface area contributed by atoms with Gasteiger partial charge in [-0.3, -0.25) is 4.99 Å². The third-order valence-corrected chi connectivity index (χ3v) is 2.75. The van der Waals surface area contributed by atoms with Gasteiger partial charge in [0.05, 0.1) is 5.69 Å². The molecule has 0 aromatic heterocycles. The monoisotopic (exact) mass is 257 g/mol. The number of aromatic hydroxyl groups is 2. The van der Waals surface area contributed by atoms with Gasteiger partial charge in [0.1, 0.15) is 0 Å². The van der Waals surface area contributed by atoms with E-state index < -0.39 is 0 Å². The summed E-state index contributed by atoms with van der Waals surface area (Å²) in [6.07, 6.45) is 1.48. The van der Waals surface area contributed by atoms with Crippen molar-refractivity contribution in [1.29, 1.82) is 0 Å². The van der Waals surface area contributed by atoms with E-state index in [4.69, 9.17) is 9.47 Å². The summed E-state index contributed by atoms with van der Waals surface area (Å²) in [5.41, 5.74) is 1.12. The molecule has 1 aliphatic rings. The van der Waals surface area contributed by atoms with Crippen LogP contribution in [0.3, 0.4) is 0 Å². The molecule has 3 rings (SSSR count). The van der Waals surface area contributed by atoms with E-state index in [1.54, 1.807) is 30.3 Å². The van der Waals surface area contributed by atoms with Gasteiger partial charge in [0.25, 0.3) is 0 Å². The lowest BCUT2D eigenvalue weighted by molar-refractivity contribution is 0.174. The second-order valence-corrected chi connectivity index (χ2v) is 4.01. The fraction of sp³-hybridized carbons (Fsp3) is 0.0714. The minimum atomic E-state index is -0.188. The number of benzene rings is 2. The SMILES string of the molecule is Oc1cccc(C=Nc2ccc3c(c2)OCO3)c1O. The number of nitrogens with zero attached hydrogens (tertiary/aromatic N) is 1. The molecule has 0 bridgehead atoms. The summed E-state index contributed by atoms with van der Waals surface area (Å²) in [5, 5.41) is 19.0. The summed E-state index contributed by atoms with van der Waals surface area (Å²) < 4.78 is 10.5. The lowest BCUT2D eigenvalue weighted by Crippen LogP contribution is -1.92. The Morgan fingerprint density at radius 3 is 2.79 bits per heavy atom. The largest absolute Gasteiger partial charge is 0.504 e. The van der Waals surface area contributed by atoms with E-state index in [1.807, 2.05) is 0 Å². The molecule has 0 atom stereocenters. The number of hydrogen-bond acceptors (Lipinski definition) is 5. The van der Waals surface area contributed by atoms with Gasteiger partial charge in [-0.15, -0.1) is 0 Å². The highest BCUT2D eigenvalue weighted by molar-refractivity contribution is 5.86. The van der Waals surface area contributed by atoms with Gasteiger partial charge in [-0.2, -0.15) is 0 Å². The van der Waals surface area contributed by atoms with E-state index in [0.29, 0.717) is 22.7 Å². The summed E-state index contributed by atoms with van der Waals surface area (Å²) >= 11 is 0. The smallest absolute Gasteiger partial charge is 0.231 e. The molecule has 2 aromatic rings. The molecule has 0 saturated carbocycles. The van der Waals surface area contributed by atoms with Gasteiger partial charge < -0.3 is 19.7 Å². The van der Waals surface area contributed by atoms with Crippen LogP contribution in [0.1, 0.15) is 5.56 Å². The molecule has 0 aliphatic carbocycles. The molecule has 5 nitrogen and oxygen atoms in total. The van der Waals surface area contributed by atoms with Crippen LogP contribution in [0.15, 0.2) is 41.4 Å². The normalized spacial score (nSPS) is 13.1. The van der Waals surface area contributed by atoms with E-state index in [9.17, 15) is 10.2 Å². The van der Waals surface area contributed by atoms with Crippen molar-refractivity contribution in [3.05, 3.63) is 42.0 Å². The molecule has 1 heterocycles. The number of rotatable bonds is 2. The summed E-state index contributed by atoms with van der Waals surface area (Å²) in [5.74, 6) is 0.982. The van der Waals surface area contributed by atoms with Gasteiger partial charge in [0.2, 0.25) is 6.79 Å². The van der Waals surface area contributed by atoms with Crippen LogP contribution in [-0.2, 0) is 0 Å². The molecule has 0 fully saturated rings. The van der Waals surface area contributed by atoms with Gasteiger partial charge in [0, 0.05) is 17.8 Å². The van der Waals surface area contributed by atoms with Crippen LogP contribution in [0.2, 0.25) is 0 Å². The predicted octanol–water partition coefficient (Wildman–Crippen LogP) is 2.58. The maximum Gasteiger partial charge on any atom is 0.231 e. The average Bonchev–Trinajstić information content (AvgIpc) is 2.88. The Labute approximate surface area is 109 Å². The molecule has 19 heavy (non-hydrogen) atoms. The molecular formula is C14H11NO4. The van der Waals surface area contributed by atoms with Crippen molar-refractivity contribution in [2.24, 2.45) is 4.99 Å². The first-order chi connectivity index (χ1) is 9.24. The maximum absolute atomic E-state index is 9.64. The zero-order valence-corrected chi connectivity index (χ0v) is 9.91. The number of aliphatic imine (C=N–C) groups is 1. The van der Waals surface area contributed by atoms with Crippen molar-refractivity contribution in [2.45, 2.75) is 0 Å². The van der Waals surface area contributed by atoms with E-state index >= 15 is 0 Å². The fourth-order valence-corrected chi connectivity index (χ4v) is 1.76.